The zero-order chi connectivity index (χ0) is 30.1. The highest BCUT2D eigenvalue weighted by Crippen LogP contribution is 2.33. The Morgan fingerprint density at radius 1 is 1.10 bits per heavy atom. The van der Waals surface area contributed by atoms with Crippen molar-refractivity contribution < 1.29 is 23.8 Å². The van der Waals surface area contributed by atoms with Crippen molar-refractivity contribution >= 4 is 73.9 Å². The topological polar surface area (TPSA) is 110 Å². The molecule has 0 aliphatic carbocycles. The fourth-order valence-corrected chi connectivity index (χ4v) is 5.11. The number of hydrazone groups is 1. The summed E-state index contributed by atoms with van der Waals surface area (Å²) in [5, 5.41) is 10.5. The van der Waals surface area contributed by atoms with E-state index in [9.17, 15) is 9.59 Å². The molecular formula is C30H28BrIN4O5S. The van der Waals surface area contributed by atoms with Gasteiger partial charge in [0, 0.05) is 24.9 Å². The van der Waals surface area contributed by atoms with Crippen molar-refractivity contribution in [2.45, 2.75) is 26.5 Å². The van der Waals surface area contributed by atoms with Crippen LogP contribution in [-0.2, 0) is 20.9 Å². The zero-order valence-electron chi connectivity index (χ0n) is 22.8. The zero-order valence-corrected chi connectivity index (χ0v) is 27.3. The molecule has 0 spiro atoms. The lowest BCUT2D eigenvalue weighted by Crippen LogP contribution is -2.45. The van der Waals surface area contributed by atoms with Crippen LogP contribution in [0.25, 0.3) is 0 Å². The number of thiocarbonyl (C=S) groups is 1. The summed E-state index contributed by atoms with van der Waals surface area (Å²) in [5.74, 6) is 0.0853. The highest BCUT2D eigenvalue weighted by Gasteiger charge is 2.32. The highest BCUT2D eigenvalue weighted by molar-refractivity contribution is 14.1. The average molecular weight is 763 g/mol. The predicted molar refractivity (Wildman–Crippen MR) is 176 cm³/mol. The Hall–Kier alpha value is -3.49. The van der Waals surface area contributed by atoms with Crippen LogP contribution in [0.3, 0.4) is 0 Å². The van der Waals surface area contributed by atoms with Gasteiger partial charge in [-0.3, -0.25) is 4.79 Å². The molecule has 218 valence electrons. The molecule has 1 heterocycles. The maximum atomic E-state index is 12.7. The SMILES string of the molecule is CCOC(=O)C1=C(C)NC(=S)N[C@H]1c1ccccc1OCC(=O)NN=Cc1cc(Br)ccc1OCc1ccc(I)cc1. The summed E-state index contributed by atoms with van der Waals surface area (Å²) in [6.07, 6.45) is 1.51. The molecule has 42 heavy (non-hydrogen) atoms. The molecule has 0 saturated carbocycles. The average Bonchev–Trinajstić information content (AvgIpc) is 2.96. The highest BCUT2D eigenvalue weighted by atomic mass is 127. The summed E-state index contributed by atoms with van der Waals surface area (Å²) in [6.45, 7) is 3.81. The van der Waals surface area contributed by atoms with Crippen LogP contribution in [0.4, 0.5) is 0 Å². The van der Waals surface area contributed by atoms with Crippen molar-refractivity contribution in [1.29, 1.82) is 0 Å². The summed E-state index contributed by atoms with van der Waals surface area (Å²) >= 11 is 11.0. The maximum absolute atomic E-state index is 12.7. The number of esters is 1. The minimum Gasteiger partial charge on any atom is -0.488 e. The molecule has 3 aromatic rings. The van der Waals surface area contributed by atoms with Gasteiger partial charge in [-0.15, -0.1) is 0 Å². The van der Waals surface area contributed by atoms with Crippen LogP contribution in [-0.4, -0.2) is 36.4 Å². The Kier molecular flexibility index (Phi) is 11.3. The molecule has 3 aromatic carbocycles. The van der Waals surface area contributed by atoms with Crippen molar-refractivity contribution in [2.75, 3.05) is 13.2 Å². The number of para-hydroxylation sites is 1. The Balaban J connectivity index is 1.41. The van der Waals surface area contributed by atoms with Crippen LogP contribution in [0.1, 0.15) is 36.6 Å². The van der Waals surface area contributed by atoms with E-state index in [2.05, 4.69) is 59.7 Å². The van der Waals surface area contributed by atoms with E-state index in [0.29, 0.717) is 45.6 Å². The lowest BCUT2D eigenvalue weighted by Gasteiger charge is -2.30. The third-order valence-corrected chi connectivity index (χ3v) is 7.46. The largest absolute Gasteiger partial charge is 0.488 e. The number of carbonyl (C=O) groups is 2. The molecule has 9 nitrogen and oxygen atoms in total. The second-order valence-corrected chi connectivity index (χ2v) is 11.6. The Bertz CT molecular complexity index is 1530. The standard InChI is InChI=1S/C30H28BrIN4O5S/c1-3-39-29(38)27-18(2)34-30(42)35-28(27)23-6-4-5-7-25(23)41-17-26(37)36-33-15-20-14-21(31)10-13-24(20)40-16-19-8-11-22(32)12-9-19/h4-15,28H,3,16-17H2,1-2H3,(H,36,37)(H2,34,35,42)/t28-/m0/s1. The first-order chi connectivity index (χ1) is 20.2. The summed E-state index contributed by atoms with van der Waals surface area (Å²) in [5.41, 5.74) is 5.80. The van der Waals surface area contributed by atoms with Gasteiger partial charge in [-0.25, -0.2) is 10.2 Å². The summed E-state index contributed by atoms with van der Waals surface area (Å²) in [7, 11) is 0. The quantitative estimate of drug-likeness (QED) is 0.0772. The first-order valence-electron chi connectivity index (χ1n) is 12.9. The van der Waals surface area contributed by atoms with E-state index in [1.165, 1.54) is 6.21 Å². The number of benzene rings is 3. The molecule has 12 heteroatoms. The van der Waals surface area contributed by atoms with Gasteiger partial charge in [0.1, 0.15) is 18.1 Å². The Morgan fingerprint density at radius 2 is 1.86 bits per heavy atom. The van der Waals surface area contributed by atoms with Crippen LogP contribution < -0.4 is 25.5 Å². The van der Waals surface area contributed by atoms with Gasteiger partial charge in [-0.2, -0.15) is 5.10 Å². The molecule has 0 radical (unpaired) electrons. The lowest BCUT2D eigenvalue weighted by atomic mass is 9.95. The Morgan fingerprint density at radius 3 is 2.62 bits per heavy atom. The van der Waals surface area contributed by atoms with E-state index in [-0.39, 0.29) is 13.2 Å². The third-order valence-electron chi connectivity index (χ3n) is 6.03. The van der Waals surface area contributed by atoms with Crippen molar-refractivity contribution in [2.24, 2.45) is 5.10 Å². The fourth-order valence-electron chi connectivity index (χ4n) is 4.10. The number of ether oxygens (including phenoxy) is 3. The number of halogens is 2. The number of amides is 1. The van der Waals surface area contributed by atoms with E-state index in [1.54, 1.807) is 32.0 Å². The molecule has 3 N–H and O–H groups in total. The van der Waals surface area contributed by atoms with Crippen molar-refractivity contribution in [3.8, 4) is 11.5 Å². The van der Waals surface area contributed by atoms with Gasteiger partial charge in [-0.1, -0.05) is 46.3 Å². The minimum atomic E-state index is -0.621. The van der Waals surface area contributed by atoms with Gasteiger partial charge in [-0.05, 0) is 90.6 Å². The monoisotopic (exact) mass is 762 g/mol. The normalized spacial score (nSPS) is 14.7. The van der Waals surface area contributed by atoms with Crippen LogP contribution in [0.2, 0.25) is 0 Å². The molecule has 1 aliphatic heterocycles. The van der Waals surface area contributed by atoms with Crippen LogP contribution in [0.15, 0.2) is 87.6 Å². The molecule has 1 aliphatic rings. The van der Waals surface area contributed by atoms with Crippen LogP contribution in [0.5, 0.6) is 11.5 Å². The van der Waals surface area contributed by atoms with Gasteiger partial charge in [0.05, 0.1) is 24.4 Å². The summed E-state index contributed by atoms with van der Waals surface area (Å²) in [4.78, 5) is 25.4. The second-order valence-electron chi connectivity index (χ2n) is 9.01. The van der Waals surface area contributed by atoms with Crippen LogP contribution >= 0.6 is 50.7 Å². The van der Waals surface area contributed by atoms with Gasteiger partial charge in [0.25, 0.3) is 5.91 Å². The minimum absolute atomic E-state index is 0.228. The van der Waals surface area contributed by atoms with Crippen LogP contribution in [0, 0.1) is 3.57 Å². The maximum Gasteiger partial charge on any atom is 0.338 e. The molecule has 1 amide bonds. The molecule has 0 aromatic heterocycles. The molecule has 4 rings (SSSR count). The number of rotatable bonds is 11. The summed E-state index contributed by atoms with van der Waals surface area (Å²) < 4.78 is 19.1. The first-order valence-corrected chi connectivity index (χ1v) is 15.2. The van der Waals surface area contributed by atoms with E-state index in [1.807, 2.05) is 48.5 Å². The lowest BCUT2D eigenvalue weighted by molar-refractivity contribution is -0.139. The van der Waals surface area contributed by atoms with E-state index < -0.39 is 17.9 Å². The van der Waals surface area contributed by atoms with Gasteiger partial charge in [0.2, 0.25) is 0 Å². The van der Waals surface area contributed by atoms with E-state index in [0.717, 1.165) is 13.6 Å². The van der Waals surface area contributed by atoms with Gasteiger partial charge in [0.15, 0.2) is 11.7 Å². The smallest absolute Gasteiger partial charge is 0.338 e. The summed E-state index contributed by atoms with van der Waals surface area (Å²) in [6, 6.07) is 20.1. The van der Waals surface area contributed by atoms with Crippen molar-refractivity contribution in [1.82, 2.24) is 16.1 Å². The number of carbonyl (C=O) groups excluding carboxylic acids is 2. The number of hydrogen-bond donors (Lipinski definition) is 3. The van der Waals surface area contributed by atoms with Crippen molar-refractivity contribution in [3.05, 3.63) is 103 Å². The number of nitrogens with one attached hydrogen (secondary N) is 3. The third kappa shape index (κ3) is 8.52. The molecule has 1 atom stereocenters. The number of hydrogen-bond acceptors (Lipinski definition) is 7. The second kappa shape index (κ2) is 15.1. The van der Waals surface area contributed by atoms with Crippen molar-refractivity contribution in [3.63, 3.8) is 0 Å². The number of allylic oxidation sites excluding steroid dienone is 1. The van der Waals surface area contributed by atoms with E-state index in [4.69, 9.17) is 26.4 Å². The fraction of sp³-hybridized carbons (Fsp3) is 0.200. The molecule has 0 fully saturated rings. The van der Waals surface area contributed by atoms with Gasteiger partial charge >= 0.3 is 5.97 Å². The predicted octanol–water partition coefficient (Wildman–Crippen LogP) is 5.52. The van der Waals surface area contributed by atoms with E-state index >= 15 is 0 Å². The molecule has 0 saturated heterocycles. The number of nitrogens with zero attached hydrogens (tertiary/aromatic N) is 1. The first kappa shape index (κ1) is 31.4. The Labute approximate surface area is 271 Å². The van der Waals surface area contributed by atoms with Gasteiger partial charge < -0.3 is 24.8 Å². The molecular weight excluding hydrogens is 735 g/mol. The molecule has 0 bridgehead atoms. The molecule has 0 unspecified atom stereocenters.